The number of thiol groups is 1. The zero-order valence-electron chi connectivity index (χ0n) is 6.14. The van der Waals surface area contributed by atoms with Crippen LogP contribution in [0.5, 0.6) is 0 Å². The van der Waals surface area contributed by atoms with E-state index < -0.39 is 0 Å². The lowest BCUT2D eigenvalue weighted by Crippen LogP contribution is -1.86. The lowest BCUT2D eigenvalue weighted by atomic mass is 10.2. The van der Waals surface area contributed by atoms with Crippen LogP contribution in [0.25, 0.3) is 0 Å². The van der Waals surface area contributed by atoms with Crippen LogP contribution in [-0.4, -0.2) is 4.86 Å². The third-order valence-corrected chi connectivity index (χ3v) is 4.12. The molecule has 0 bridgehead atoms. The fourth-order valence-electron chi connectivity index (χ4n) is 1.26. The maximum Gasteiger partial charge on any atom is 0.0554 e. The summed E-state index contributed by atoms with van der Waals surface area (Å²) in [5.74, 6) is 0. The predicted molar refractivity (Wildman–Crippen MR) is 50.7 cm³/mol. The molecule has 0 nitrogen and oxygen atoms in total. The Hall–Kier alpha value is -0.0800. The van der Waals surface area contributed by atoms with Crippen molar-refractivity contribution in [2.24, 2.45) is 0 Å². The highest BCUT2D eigenvalue weighted by molar-refractivity contribution is 8.00. The molecule has 1 aromatic heterocycles. The largest absolute Gasteiger partial charge is 0.160 e. The number of hydrogen-bond acceptors (Lipinski definition) is 1. The molecule has 1 aliphatic rings. The lowest BCUT2D eigenvalue weighted by Gasteiger charge is -1.85. The maximum absolute atomic E-state index is 2.32. The monoisotopic (exact) mass is 170 g/mol. The van der Waals surface area contributed by atoms with E-state index in [4.69, 9.17) is 0 Å². The average Bonchev–Trinajstić information content (AvgIpc) is 2.21. The maximum atomic E-state index is 2.32. The summed E-state index contributed by atoms with van der Waals surface area (Å²) >= 11 is 3.43. The van der Waals surface area contributed by atoms with Gasteiger partial charge in [-0.25, -0.2) is 0 Å². The first-order valence-electron chi connectivity index (χ1n) is 3.39. The molecular weight excluding hydrogens is 160 g/mol. The Balaban J connectivity index is 2.53. The van der Waals surface area contributed by atoms with E-state index in [2.05, 4.69) is 19.9 Å². The standard InChI is InChI=1S/C8H10S2/c1-5-3-7-4-6(2)10-8(7)9-5/h3,10H,4H2,1-2H3. The van der Waals surface area contributed by atoms with Crippen molar-refractivity contribution in [2.45, 2.75) is 24.5 Å². The van der Waals surface area contributed by atoms with Crippen LogP contribution in [0.3, 0.4) is 0 Å². The third kappa shape index (κ3) is 0.956. The van der Waals surface area contributed by atoms with Gasteiger partial charge in [-0.15, -0.1) is 11.3 Å². The summed E-state index contributed by atoms with van der Waals surface area (Å²) in [5, 5.41) is 0. The van der Waals surface area contributed by atoms with Crippen molar-refractivity contribution in [3.05, 3.63) is 16.5 Å². The molecule has 0 spiro atoms. The van der Waals surface area contributed by atoms with Gasteiger partial charge in [0.1, 0.15) is 0 Å². The summed E-state index contributed by atoms with van der Waals surface area (Å²) in [5.41, 5.74) is 1.57. The van der Waals surface area contributed by atoms with Crippen LogP contribution in [0.15, 0.2) is 10.3 Å². The van der Waals surface area contributed by atoms with Crippen LogP contribution in [0.4, 0.5) is 0 Å². The van der Waals surface area contributed by atoms with E-state index in [1.54, 1.807) is 14.6 Å². The highest BCUT2D eigenvalue weighted by Crippen LogP contribution is 2.34. The number of hydrogen-bond donors (Lipinski definition) is 1. The van der Waals surface area contributed by atoms with Gasteiger partial charge in [0.2, 0.25) is 0 Å². The Morgan fingerprint density at radius 3 is 3.00 bits per heavy atom. The Morgan fingerprint density at radius 2 is 2.30 bits per heavy atom. The van der Waals surface area contributed by atoms with Crippen molar-refractivity contribution in [3.63, 3.8) is 0 Å². The number of aryl methyl sites for hydroxylation is 1. The van der Waals surface area contributed by atoms with Gasteiger partial charge in [0.15, 0.2) is 0 Å². The van der Waals surface area contributed by atoms with Crippen LogP contribution < -0.4 is 0 Å². The van der Waals surface area contributed by atoms with Crippen molar-refractivity contribution < 1.29 is 0 Å². The van der Waals surface area contributed by atoms with Gasteiger partial charge in [-0.05, 0) is 30.3 Å². The summed E-state index contributed by atoms with van der Waals surface area (Å²) in [7, 11) is 0. The molecule has 2 rings (SSSR count). The quantitative estimate of drug-likeness (QED) is 0.449. The summed E-state index contributed by atoms with van der Waals surface area (Å²) in [6.07, 6.45) is 1.22. The molecule has 0 aliphatic carbocycles. The van der Waals surface area contributed by atoms with Gasteiger partial charge in [-0.3, -0.25) is 0 Å². The van der Waals surface area contributed by atoms with Crippen molar-refractivity contribution >= 4 is 27.6 Å². The Labute approximate surface area is 68.9 Å². The summed E-state index contributed by atoms with van der Waals surface area (Å²) in [4.78, 5) is 3.06. The van der Waals surface area contributed by atoms with E-state index in [-0.39, 0.29) is 0 Å². The normalized spacial score (nSPS) is 16.0. The predicted octanol–water partition coefficient (Wildman–Crippen LogP) is 2.63. The third-order valence-electron chi connectivity index (χ3n) is 1.65. The molecule has 0 radical (unpaired) electrons. The van der Waals surface area contributed by atoms with Crippen LogP contribution in [0, 0.1) is 6.92 Å². The molecule has 0 atom stereocenters. The van der Waals surface area contributed by atoms with E-state index in [0.717, 1.165) is 0 Å². The molecule has 0 amide bonds. The van der Waals surface area contributed by atoms with Gasteiger partial charge in [-0.2, -0.15) is 11.4 Å². The van der Waals surface area contributed by atoms with Crippen molar-refractivity contribution in [1.29, 1.82) is 0 Å². The molecule has 0 fully saturated rings. The first kappa shape index (κ1) is 6.62. The van der Waals surface area contributed by atoms with Crippen molar-refractivity contribution in [1.82, 2.24) is 0 Å². The molecule has 1 aromatic rings. The van der Waals surface area contributed by atoms with E-state index in [1.807, 2.05) is 11.3 Å². The molecule has 54 valence electrons. The molecule has 0 unspecified atom stereocenters. The highest BCUT2D eigenvalue weighted by Gasteiger charge is 2.11. The minimum atomic E-state index is 1.22. The first-order chi connectivity index (χ1) is 4.75. The van der Waals surface area contributed by atoms with Gasteiger partial charge in [0.25, 0.3) is 0 Å². The number of rotatable bonds is 0. The van der Waals surface area contributed by atoms with E-state index in [1.165, 1.54) is 22.6 Å². The van der Waals surface area contributed by atoms with Gasteiger partial charge < -0.3 is 0 Å². The van der Waals surface area contributed by atoms with Crippen LogP contribution in [0.2, 0.25) is 0 Å². The van der Waals surface area contributed by atoms with Gasteiger partial charge in [-0.1, -0.05) is 0 Å². The van der Waals surface area contributed by atoms with Gasteiger partial charge in [0.05, 0.1) is 4.21 Å². The molecule has 10 heavy (non-hydrogen) atoms. The van der Waals surface area contributed by atoms with Crippen LogP contribution in [-0.2, 0) is 6.42 Å². The Kier molecular flexibility index (Phi) is 1.46. The zero-order chi connectivity index (χ0) is 7.14. The second-order valence-electron chi connectivity index (χ2n) is 2.71. The van der Waals surface area contributed by atoms with Crippen LogP contribution in [0.1, 0.15) is 17.4 Å². The lowest BCUT2D eigenvalue weighted by molar-refractivity contribution is 1.32. The topological polar surface area (TPSA) is 0 Å². The van der Waals surface area contributed by atoms with E-state index in [0.29, 0.717) is 0 Å². The Bertz CT molecular complexity index is 294. The van der Waals surface area contributed by atoms with Gasteiger partial charge >= 0.3 is 0 Å². The fourth-order valence-corrected chi connectivity index (χ4v) is 4.00. The average molecular weight is 170 g/mol. The van der Waals surface area contributed by atoms with Crippen molar-refractivity contribution in [2.75, 3.05) is 0 Å². The number of thiophene rings is 1. The SMILES string of the molecule is CC1=[SH]c2sc(C)cc2C1. The van der Waals surface area contributed by atoms with Gasteiger partial charge in [0, 0.05) is 11.3 Å². The fraction of sp³-hybridized carbons (Fsp3) is 0.375. The Morgan fingerprint density at radius 1 is 1.50 bits per heavy atom. The summed E-state index contributed by atoms with van der Waals surface area (Å²) in [6.45, 7) is 4.43. The zero-order valence-corrected chi connectivity index (χ0v) is 7.85. The number of fused-ring (bicyclic) bond motifs is 1. The van der Waals surface area contributed by atoms with Crippen LogP contribution >= 0.6 is 22.7 Å². The summed E-state index contributed by atoms with van der Waals surface area (Å²) in [6, 6.07) is 2.32. The molecule has 0 saturated carbocycles. The minimum absolute atomic E-state index is 1.22. The highest BCUT2D eigenvalue weighted by atomic mass is 32.2. The molecule has 2 heterocycles. The van der Waals surface area contributed by atoms with E-state index in [9.17, 15) is 0 Å². The molecule has 1 aliphatic heterocycles. The molecule has 0 N–H and O–H groups in total. The second-order valence-corrected chi connectivity index (χ2v) is 5.70. The summed E-state index contributed by atoms with van der Waals surface area (Å²) < 4.78 is 1.58. The molecule has 0 saturated heterocycles. The molecular formula is C8H10S2. The van der Waals surface area contributed by atoms with E-state index >= 15 is 0 Å². The van der Waals surface area contributed by atoms with Crippen molar-refractivity contribution in [3.8, 4) is 0 Å². The minimum Gasteiger partial charge on any atom is -0.160 e. The molecule has 2 heteroatoms. The molecule has 0 aromatic carbocycles. The first-order valence-corrected chi connectivity index (χ1v) is 5.10. The smallest absolute Gasteiger partial charge is 0.0554 e. The second kappa shape index (κ2) is 2.21.